The number of imidazole rings is 1. The van der Waals surface area contributed by atoms with E-state index in [4.69, 9.17) is 10.7 Å². The van der Waals surface area contributed by atoms with E-state index < -0.39 is 15.1 Å². The molecular formula is C9H14ClN3O3S. The molecule has 0 saturated heterocycles. The van der Waals surface area contributed by atoms with Crippen LogP contribution in [0.4, 0.5) is 0 Å². The quantitative estimate of drug-likeness (QED) is 0.822. The van der Waals surface area contributed by atoms with Crippen LogP contribution in [0, 0.1) is 0 Å². The lowest BCUT2D eigenvalue weighted by atomic mass is 10.3. The lowest BCUT2D eigenvalue weighted by Gasteiger charge is -2.13. The summed E-state index contributed by atoms with van der Waals surface area (Å²) in [5, 5.41) is 2.26. The van der Waals surface area contributed by atoms with Gasteiger partial charge in [-0.2, -0.15) is 0 Å². The number of nitrogens with zero attached hydrogens (tertiary/aromatic N) is 2. The molecule has 0 bridgehead atoms. The van der Waals surface area contributed by atoms with Crippen molar-refractivity contribution in [2.24, 2.45) is 0 Å². The minimum Gasteiger partial charge on any atom is -0.357 e. The maximum Gasteiger partial charge on any atom is 0.280 e. The molecule has 0 aliphatic rings. The van der Waals surface area contributed by atoms with Crippen LogP contribution in [0.3, 0.4) is 0 Å². The van der Waals surface area contributed by atoms with E-state index in [-0.39, 0.29) is 10.9 Å². The van der Waals surface area contributed by atoms with Gasteiger partial charge < -0.3 is 9.88 Å². The first kappa shape index (κ1) is 14.0. The fraction of sp³-hybridized carbons (Fsp3) is 0.556. The fourth-order valence-electron chi connectivity index (χ4n) is 1.46. The molecule has 0 aromatic carbocycles. The van der Waals surface area contributed by atoms with E-state index in [0.717, 1.165) is 0 Å². The van der Waals surface area contributed by atoms with Crippen molar-refractivity contribution in [3.8, 4) is 0 Å². The van der Waals surface area contributed by atoms with Gasteiger partial charge in [-0.25, -0.2) is 13.4 Å². The van der Waals surface area contributed by atoms with Crippen molar-refractivity contribution in [2.75, 3.05) is 7.05 Å². The number of nitrogens with one attached hydrogen (secondary N) is 1. The summed E-state index contributed by atoms with van der Waals surface area (Å²) in [5.41, 5.74) is 0. The van der Waals surface area contributed by atoms with Gasteiger partial charge in [0.1, 0.15) is 11.9 Å². The SMILES string of the molecule is CCc1nc(S(=O)(=O)Cl)cn1C(C)C(=O)NC. The average Bonchev–Trinajstić information content (AvgIpc) is 2.70. The van der Waals surface area contributed by atoms with Gasteiger partial charge in [-0.05, 0) is 6.92 Å². The Balaban J connectivity index is 3.25. The van der Waals surface area contributed by atoms with Crippen molar-refractivity contribution in [1.82, 2.24) is 14.9 Å². The highest BCUT2D eigenvalue weighted by Crippen LogP contribution is 2.18. The second-order valence-corrected chi connectivity index (χ2v) is 6.00. The van der Waals surface area contributed by atoms with Crippen molar-refractivity contribution < 1.29 is 13.2 Å². The lowest BCUT2D eigenvalue weighted by molar-refractivity contribution is -0.123. The molecule has 1 N–H and O–H groups in total. The van der Waals surface area contributed by atoms with E-state index in [1.165, 1.54) is 17.8 Å². The van der Waals surface area contributed by atoms with Crippen LogP contribution in [0.1, 0.15) is 25.7 Å². The molecule has 0 aliphatic heterocycles. The monoisotopic (exact) mass is 279 g/mol. The van der Waals surface area contributed by atoms with Gasteiger partial charge in [-0.1, -0.05) is 6.92 Å². The van der Waals surface area contributed by atoms with Gasteiger partial charge in [0, 0.05) is 30.3 Å². The number of rotatable bonds is 4. The zero-order valence-corrected chi connectivity index (χ0v) is 11.3. The molecule has 1 atom stereocenters. The van der Waals surface area contributed by atoms with Crippen molar-refractivity contribution in [3.63, 3.8) is 0 Å². The molecule has 0 radical (unpaired) electrons. The molecule has 8 heteroatoms. The second-order valence-electron chi connectivity index (χ2n) is 3.48. The molecule has 1 aromatic rings. The molecule has 0 aliphatic carbocycles. The summed E-state index contributed by atoms with van der Waals surface area (Å²) in [7, 11) is 2.86. The predicted molar refractivity (Wildman–Crippen MR) is 63.4 cm³/mol. The first-order valence-electron chi connectivity index (χ1n) is 5.05. The molecule has 0 fully saturated rings. The van der Waals surface area contributed by atoms with Gasteiger partial charge in [0.15, 0.2) is 5.03 Å². The van der Waals surface area contributed by atoms with Gasteiger partial charge in [0.25, 0.3) is 9.05 Å². The van der Waals surface area contributed by atoms with E-state index in [2.05, 4.69) is 10.3 Å². The minimum atomic E-state index is -3.87. The Morgan fingerprint density at radius 2 is 2.24 bits per heavy atom. The highest BCUT2D eigenvalue weighted by molar-refractivity contribution is 8.13. The van der Waals surface area contributed by atoms with E-state index in [0.29, 0.717) is 12.2 Å². The largest absolute Gasteiger partial charge is 0.357 e. The summed E-state index contributed by atoms with van der Waals surface area (Å²) in [6, 6.07) is -0.533. The Morgan fingerprint density at radius 3 is 2.65 bits per heavy atom. The number of aryl methyl sites for hydroxylation is 1. The summed E-state index contributed by atoms with van der Waals surface area (Å²) in [4.78, 5) is 15.4. The predicted octanol–water partition coefficient (Wildman–Crippen LogP) is 0.680. The zero-order valence-electron chi connectivity index (χ0n) is 9.77. The molecule has 1 rings (SSSR count). The van der Waals surface area contributed by atoms with Crippen molar-refractivity contribution in [2.45, 2.75) is 31.3 Å². The van der Waals surface area contributed by atoms with Crippen molar-refractivity contribution >= 4 is 25.6 Å². The van der Waals surface area contributed by atoms with Gasteiger partial charge in [-0.3, -0.25) is 4.79 Å². The highest BCUT2D eigenvalue weighted by atomic mass is 35.7. The van der Waals surface area contributed by atoms with Crippen LogP contribution in [-0.4, -0.2) is 30.9 Å². The van der Waals surface area contributed by atoms with Gasteiger partial charge in [0.2, 0.25) is 5.91 Å². The summed E-state index contributed by atoms with van der Waals surface area (Å²) >= 11 is 0. The van der Waals surface area contributed by atoms with Crippen LogP contribution < -0.4 is 5.32 Å². The third kappa shape index (κ3) is 2.98. The Kier molecular flexibility index (Phi) is 4.16. The number of amides is 1. The smallest absolute Gasteiger partial charge is 0.280 e. The topological polar surface area (TPSA) is 81.1 Å². The third-order valence-corrected chi connectivity index (χ3v) is 3.57. The van der Waals surface area contributed by atoms with E-state index in [1.54, 1.807) is 6.92 Å². The van der Waals surface area contributed by atoms with Crippen LogP contribution in [0.5, 0.6) is 0 Å². The Hall–Kier alpha value is -1.08. The second kappa shape index (κ2) is 5.05. The third-order valence-electron chi connectivity index (χ3n) is 2.40. The maximum absolute atomic E-state index is 11.5. The molecule has 1 amide bonds. The van der Waals surface area contributed by atoms with Crippen LogP contribution in [0.25, 0.3) is 0 Å². The molecule has 1 aromatic heterocycles. The Labute approximate surface area is 104 Å². The maximum atomic E-state index is 11.5. The molecule has 1 unspecified atom stereocenters. The van der Waals surface area contributed by atoms with Crippen LogP contribution in [-0.2, 0) is 20.3 Å². The first-order valence-corrected chi connectivity index (χ1v) is 7.36. The standard InChI is InChI=1S/C9H14ClN3O3S/c1-4-7-12-8(17(10,15)16)5-13(7)6(2)9(14)11-3/h5-6H,4H2,1-3H3,(H,11,14). The fourth-order valence-corrected chi connectivity index (χ4v) is 2.13. The van der Waals surface area contributed by atoms with Crippen LogP contribution in [0.15, 0.2) is 11.2 Å². The van der Waals surface area contributed by atoms with Crippen LogP contribution in [0.2, 0.25) is 0 Å². The van der Waals surface area contributed by atoms with Crippen molar-refractivity contribution in [1.29, 1.82) is 0 Å². The normalized spacial score (nSPS) is 13.4. The molecule has 0 saturated carbocycles. The van der Waals surface area contributed by atoms with Gasteiger partial charge in [-0.15, -0.1) is 0 Å². The number of likely N-dealkylation sites (N-methyl/N-ethyl adjacent to an activating group) is 1. The number of hydrogen-bond acceptors (Lipinski definition) is 4. The molecule has 0 spiro atoms. The van der Waals surface area contributed by atoms with E-state index >= 15 is 0 Å². The molecular weight excluding hydrogens is 266 g/mol. The summed E-state index contributed by atoms with van der Waals surface area (Å²) < 4.78 is 23.8. The number of carbonyl (C=O) groups is 1. The van der Waals surface area contributed by atoms with E-state index in [1.807, 2.05) is 6.92 Å². The number of halogens is 1. The molecule has 17 heavy (non-hydrogen) atoms. The minimum absolute atomic E-state index is 0.226. The number of aromatic nitrogens is 2. The highest BCUT2D eigenvalue weighted by Gasteiger charge is 2.22. The summed E-state index contributed by atoms with van der Waals surface area (Å²) in [5.74, 6) is 0.274. The Morgan fingerprint density at radius 1 is 1.65 bits per heavy atom. The van der Waals surface area contributed by atoms with Crippen molar-refractivity contribution in [3.05, 3.63) is 12.0 Å². The summed E-state index contributed by atoms with van der Waals surface area (Å²) in [6.45, 7) is 3.48. The molecule has 1 heterocycles. The lowest BCUT2D eigenvalue weighted by Crippen LogP contribution is -2.28. The van der Waals surface area contributed by atoms with Gasteiger partial charge >= 0.3 is 0 Å². The Bertz CT molecular complexity index is 524. The van der Waals surface area contributed by atoms with E-state index in [9.17, 15) is 13.2 Å². The molecule has 6 nitrogen and oxygen atoms in total. The first-order chi connectivity index (χ1) is 7.81. The van der Waals surface area contributed by atoms with Crippen LogP contribution >= 0.6 is 10.7 Å². The van der Waals surface area contributed by atoms with Gasteiger partial charge in [0.05, 0.1) is 0 Å². The summed E-state index contributed by atoms with van der Waals surface area (Å²) in [6.07, 6.45) is 1.79. The average molecular weight is 280 g/mol. The zero-order chi connectivity index (χ0) is 13.2. The molecule has 96 valence electrons. The number of hydrogen-bond donors (Lipinski definition) is 1. The number of carbonyl (C=O) groups excluding carboxylic acids is 1.